The first-order valence-electron chi connectivity index (χ1n) is 10.9. The van der Waals surface area contributed by atoms with Crippen LogP contribution in [0.2, 0.25) is 0 Å². The summed E-state index contributed by atoms with van der Waals surface area (Å²) < 4.78 is 18.2. The Morgan fingerprint density at radius 3 is 2.59 bits per heavy atom. The second-order valence-corrected chi connectivity index (χ2v) is 9.85. The Hall–Kier alpha value is -2.16. The molecule has 1 aliphatic carbocycles. The molecular formula is C25H28O6S. The maximum atomic E-state index is 10.8. The standard InChI is InChI=1S/C25H28O6S/c1-29-13-15-10-19(27)23(28)24(31-15)16-11-17(20(30-2)12-18(16)26)25(7-8-25)22-9-14-5-3-4-6-21(14)32-22/h3-6,9,11-12,15,19,23-24,26-28H,7-8,10,13H2,1-2H3/t15-,19-,23?,24-/m0/s1. The fraction of sp³-hybridized carbons (Fsp3) is 0.440. The first kappa shape index (κ1) is 21.7. The van der Waals surface area contributed by atoms with Crippen LogP contribution in [0.5, 0.6) is 11.5 Å². The molecule has 170 valence electrons. The average Bonchev–Trinajstić information content (AvgIpc) is 3.47. The quantitative estimate of drug-likeness (QED) is 0.522. The van der Waals surface area contributed by atoms with Crippen LogP contribution in [0, 0.1) is 0 Å². The zero-order valence-electron chi connectivity index (χ0n) is 18.2. The lowest BCUT2D eigenvalue weighted by Gasteiger charge is -2.37. The van der Waals surface area contributed by atoms with Crippen molar-refractivity contribution in [1.29, 1.82) is 0 Å². The number of fused-ring (bicyclic) bond motifs is 1. The number of rotatable bonds is 6. The molecule has 0 spiro atoms. The number of phenolic OH excluding ortho intramolecular Hbond substituents is 1. The summed E-state index contributed by atoms with van der Waals surface area (Å²) in [6.07, 6.45) is -1.10. The number of thiophene rings is 1. The molecule has 0 bridgehead atoms. The maximum Gasteiger partial charge on any atom is 0.126 e. The van der Waals surface area contributed by atoms with E-state index in [0.29, 0.717) is 17.9 Å². The van der Waals surface area contributed by atoms with E-state index in [-0.39, 0.29) is 23.7 Å². The monoisotopic (exact) mass is 456 g/mol. The third-order valence-electron chi connectivity index (χ3n) is 6.72. The summed E-state index contributed by atoms with van der Waals surface area (Å²) >= 11 is 1.78. The van der Waals surface area contributed by atoms with Gasteiger partial charge in [-0.25, -0.2) is 0 Å². The van der Waals surface area contributed by atoms with Gasteiger partial charge in [0.05, 0.1) is 25.9 Å². The average molecular weight is 457 g/mol. The van der Waals surface area contributed by atoms with Gasteiger partial charge in [0.25, 0.3) is 0 Å². The minimum absolute atomic E-state index is 0.0212. The first-order valence-corrected chi connectivity index (χ1v) is 11.7. The molecule has 2 aliphatic rings. The van der Waals surface area contributed by atoms with Crippen LogP contribution in [-0.4, -0.2) is 54.5 Å². The summed E-state index contributed by atoms with van der Waals surface area (Å²) in [5.41, 5.74) is 1.24. The Morgan fingerprint density at radius 1 is 1.12 bits per heavy atom. The zero-order chi connectivity index (χ0) is 22.5. The van der Waals surface area contributed by atoms with Crippen molar-refractivity contribution >= 4 is 21.4 Å². The zero-order valence-corrected chi connectivity index (χ0v) is 19.0. The molecule has 4 atom stereocenters. The highest BCUT2D eigenvalue weighted by Crippen LogP contribution is 2.59. The lowest BCUT2D eigenvalue weighted by atomic mass is 9.87. The van der Waals surface area contributed by atoms with Gasteiger partial charge in [0.1, 0.15) is 23.7 Å². The fourth-order valence-corrected chi connectivity index (χ4v) is 6.18. The van der Waals surface area contributed by atoms with Crippen LogP contribution < -0.4 is 4.74 Å². The Morgan fingerprint density at radius 2 is 1.91 bits per heavy atom. The fourth-order valence-electron chi connectivity index (χ4n) is 4.85. The van der Waals surface area contributed by atoms with Crippen molar-refractivity contribution in [1.82, 2.24) is 0 Å². The van der Waals surface area contributed by atoms with E-state index >= 15 is 0 Å². The van der Waals surface area contributed by atoms with Crippen LogP contribution in [0.3, 0.4) is 0 Å². The molecular weight excluding hydrogens is 428 g/mol. The van der Waals surface area contributed by atoms with E-state index in [2.05, 4.69) is 18.2 Å². The molecule has 2 aromatic carbocycles. The second-order valence-electron chi connectivity index (χ2n) is 8.77. The summed E-state index contributed by atoms with van der Waals surface area (Å²) in [4.78, 5) is 1.26. The topological polar surface area (TPSA) is 88.4 Å². The summed E-state index contributed by atoms with van der Waals surface area (Å²) in [6.45, 7) is 0.301. The normalized spacial score (nSPS) is 26.9. The van der Waals surface area contributed by atoms with Gasteiger partial charge in [0.2, 0.25) is 0 Å². The van der Waals surface area contributed by atoms with E-state index in [0.717, 1.165) is 18.4 Å². The van der Waals surface area contributed by atoms with Crippen molar-refractivity contribution in [3.63, 3.8) is 0 Å². The number of hydrogen-bond donors (Lipinski definition) is 3. The Balaban J connectivity index is 1.58. The molecule has 3 N–H and O–H groups in total. The summed E-state index contributed by atoms with van der Waals surface area (Å²) in [5.74, 6) is 0.590. The number of methoxy groups -OCH3 is 2. The predicted octanol–water partition coefficient (Wildman–Crippen LogP) is 3.89. The van der Waals surface area contributed by atoms with E-state index in [9.17, 15) is 15.3 Å². The molecule has 1 unspecified atom stereocenters. The second kappa shape index (κ2) is 8.32. The predicted molar refractivity (Wildman–Crippen MR) is 123 cm³/mol. The molecule has 5 rings (SSSR count). The summed E-state index contributed by atoms with van der Waals surface area (Å²) in [6, 6.07) is 14.1. The molecule has 2 fully saturated rings. The maximum absolute atomic E-state index is 10.8. The lowest BCUT2D eigenvalue weighted by Crippen LogP contribution is -2.44. The van der Waals surface area contributed by atoms with Crippen LogP contribution >= 0.6 is 11.3 Å². The van der Waals surface area contributed by atoms with Gasteiger partial charge in [0.15, 0.2) is 0 Å². The first-order chi connectivity index (χ1) is 15.5. The van der Waals surface area contributed by atoms with Crippen LogP contribution in [0.15, 0.2) is 42.5 Å². The van der Waals surface area contributed by atoms with Crippen molar-refractivity contribution < 1.29 is 29.5 Å². The third kappa shape index (κ3) is 3.58. The van der Waals surface area contributed by atoms with Crippen LogP contribution in [0.4, 0.5) is 0 Å². The number of aromatic hydroxyl groups is 1. The van der Waals surface area contributed by atoms with Gasteiger partial charge in [-0.3, -0.25) is 0 Å². The lowest BCUT2D eigenvalue weighted by molar-refractivity contribution is -0.182. The molecule has 1 aromatic heterocycles. The van der Waals surface area contributed by atoms with Crippen LogP contribution in [0.25, 0.3) is 10.1 Å². The number of benzene rings is 2. The van der Waals surface area contributed by atoms with Crippen molar-refractivity contribution in [3.05, 3.63) is 58.5 Å². The molecule has 1 saturated carbocycles. The number of phenols is 1. The molecule has 0 radical (unpaired) electrons. The largest absolute Gasteiger partial charge is 0.507 e. The number of aliphatic hydroxyl groups excluding tert-OH is 2. The number of hydrogen-bond acceptors (Lipinski definition) is 7. The Kier molecular flexibility index (Phi) is 5.63. The minimum Gasteiger partial charge on any atom is -0.507 e. The summed E-state index contributed by atoms with van der Waals surface area (Å²) in [7, 11) is 3.17. The van der Waals surface area contributed by atoms with Gasteiger partial charge in [-0.2, -0.15) is 0 Å². The van der Waals surface area contributed by atoms with E-state index < -0.39 is 18.3 Å². The van der Waals surface area contributed by atoms with Gasteiger partial charge >= 0.3 is 0 Å². The molecule has 0 amide bonds. The highest BCUT2D eigenvalue weighted by molar-refractivity contribution is 7.19. The van der Waals surface area contributed by atoms with Crippen molar-refractivity contribution in [2.75, 3.05) is 20.8 Å². The van der Waals surface area contributed by atoms with Gasteiger partial charge in [0, 0.05) is 45.7 Å². The molecule has 1 aliphatic heterocycles. The van der Waals surface area contributed by atoms with E-state index in [1.807, 2.05) is 18.2 Å². The SMILES string of the molecule is COC[C@@H]1C[C@H](O)C(O)[C@H](c2cc(C3(c4cc5ccccc5s4)CC3)c(OC)cc2O)O1. The molecule has 6 nitrogen and oxygen atoms in total. The van der Waals surface area contributed by atoms with Crippen molar-refractivity contribution in [3.8, 4) is 11.5 Å². The number of ether oxygens (including phenoxy) is 3. The highest BCUT2D eigenvalue weighted by Gasteiger charge is 2.50. The van der Waals surface area contributed by atoms with Crippen LogP contribution in [0.1, 0.15) is 41.4 Å². The third-order valence-corrected chi connectivity index (χ3v) is 8.04. The molecule has 1 saturated heterocycles. The smallest absolute Gasteiger partial charge is 0.126 e. The minimum atomic E-state index is -1.14. The van der Waals surface area contributed by atoms with E-state index in [1.165, 1.54) is 15.0 Å². The Bertz CT molecular complexity index is 1090. The van der Waals surface area contributed by atoms with Crippen molar-refractivity contribution in [2.24, 2.45) is 0 Å². The highest BCUT2D eigenvalue weighted by atomic mass is 32.1. The molecule has 32 heavy (non-hydrogen) atoms. The van der Waals surface area contributed by atoms with Crippen molar-refractivity contribution in [2.45, 2.75) is 49.1 Å². The summed E-state index contributed by atoms with van der Waals surface area (Å²) in [5, 5.41) is 33.1. The van der Waals surface area contributed by atoms with Gasteiger partial charge in [-0.05, 0) is 36.4 Å². The number of aliphatic hydroxyl groups is 2. The molecule has 3 aromatic rings. The van der Waals surface area contributed by atoms with E-state index in [4.69, 9.17) is 14.2 Å². The molecule has 2 heterocycles. The van der Waals surface area contributed by atoms with Gasteiger partial charge in [-0.15, -0.1) is 11.3 Å². The van der Waals surface area contributed by atoms with E-state index in [1.54, 1.807) is 31.6 Å². The Labute approximate surface area is 191 Å². The van der Waals surface area contributed by atoms with Crippen LogP contribution in [-0.2, 0) is 14.9 Å². The molecule has 7 heteroatoms. The van der Waals surface area contributed by atoms with Gasteiger partial charge < -0.3 is 29.5 Å². The van der Waals surface area contributed by atoms with Gasteiger partial charge in [-0.1, -0.05) is 18.2 Å².